The predicted octanol–water partition coefficient (Wildman–Crippen LogP) is 5.31. The third-order valence-electron chi connectivity index (χ3n) is 4.37. The van der Waals surface area contributed by atoms with Gasteiger partial charge in [0.1, 0.15) is 11.5 Å². The van der Waals surface area contributed by atoms with E-state index in [1.807, 2.05) is 18.2 Å². The molecule has 3 aromatic rings. The topological polar surface area (TPSA) is 61.8 Å². The Kier molecular flexibility index (Phi) is 7.84. The van der Waals surface area contributed by atoms with Crippen LogP contribution in [-0.2, 0) is 11.2 Å². The van der Waals surface area contributed by atoms with Crippen molar-refractivity contribution in [1.29, 1.82) is 0 Å². The highest BCUT2D eigenvalue weighted by atomic mass is 127. The van der Waals surface area contributed by atoms with E-state index in [0.717, 1.165) is 16.4 Å². The van der Waals surface area contributed by atoms with Gasteiger partial charge in [-0.3, -0.25) is 0 Å². The Bertz CT molecular complexity index is 1000. The molecule has 0 atom stereocenters. The summed E-state index contributed by atoms with van der Waals surface area (Å²) in [5.74, 6) is 0.169. The third kappa shape index (κ3) is 6.06. The van der Waals surface area contributed by atoms with E-state index in [0.29, 0.717) is 29.2 Å². The summed E-state index contributed by atoms with van der Waals surface area (Å²) in [6, 6.07) is 21.4. The predicted molar refractivity (Wildman–Crippen MR) is 122 cm³/mol. The van der Waals surface area contributed by atoms with E-state index in [2.05, 4.69) is 34.7 Å². The molecule has 0 unspecified atom stereocenters. The molecule has 0 fully saturated rings. The molecule has 0 aliphatic heterocycles. The van der Waals surface area contributed by atoms with Crippen molar-refractivity contribution in [3.63, 3.8) is 0 Å². The summed E-state index contributed by atoms with van der Waals surface area (Å²) >= 11 is 2.09. The molecular formula is C24H21IO5. The van der Waals surface area contributed by atoms with Gasteiger partial charge in [0, 0.05) is 0 Å². The van der Waals surface area contributed by atoms with Crippen molar-refractivity contribution in [3.8, 4) is 11.5 Å². The summed E-state index contributed by atoms with van der Waals surface area (Å²) in [6.45, 7) is 0.348. The van der Waals surface area contributed by atoms with Crippen LogP contribution >= 0.6 is 22.6 Å². The zero-order valence-electron chi connectivity index (χ0n) is 16.5. The van der Waals surface area contributed by atoms with Crippen molar-refractivity contribution < 1.29 is 23.8 Å². The zero-order chi connectivity index (χ0) is 21.3. The summed E-state index contributed by atoms with van der Waals surface area (Å²) in [6.07, 6.45) is 1.61. The average Bonchev–Trinajstić information content (AvgIpc) is 2.77. The first-order valence-corrected chi connectivity index (χ1v) is 10.5. The van der Waals surface area contributed by atoms with Crippen LogP contribution in [0.1, 0.15) is 32.7 Å². The Morgan fingerprint density at radius 3 is 2.23 bits per heavy atom. The van der Waals surface area contributed by atoms with Crippen LogP contribution < -0.4 is 9.47 Å². The van der Waals surface area contributed by atoms with Gasteiger partial charge >= 0.3 is 11.9 Å². The molecule has 3 rings (SSSR count). The van der Waals surface area contributed by atoms with Gasteiger partial charge in [-0.2, -0.15) is 0 Å². The van der Waals surface area contributed by atoms with Gasteiger partial charge in [-0.05, 0) is 83.5 Å². The second-order valence-corrected chi connectivity index (χ2v) is 7.65. The first-order chi connectivity index (χ1) is 14.6. The van der Waals surface area contributed by atoms with Gasteiger partial charge in [-0.1, -0.05) is 30.3 Å². The van der Waals surface area contributed by atoms with Gasteiger partial charge in [0.15, 0.2) is 0 Å². The molecule has 6 heteroatoms. The number of ether oxygens (including phenoxy) is 3. The van der Waals surface area contributed by atoms with Crippen LogP contribution in [0.4, 0.5) is 0 Å². The van der Waals surface area contributed by atoms with Crippen molar-refractivity contribution in [2.45, 2.75) is 12.8 Å². The quantitative estimate of drug-likeness (QED) is 0.176. The molecule has 154 valence electrons. The number of aryl methyl sites for hydroxylation is 1. The minimum absolute atomic E-state index is 0.348. The number of hydrogen-bond acceptors (Lipinski definition) is 5. The normalized spacial score (nSPS) is 10.3. The van der Waals surface area contributed by atoms with E-state index in [-0.39, 0.29) is 0 Å². The number of rotatable bonds is 8. The fourth-order valence-electron chi connectivity index (χ4n) is 2.79. The van der Waals surface area contributed by atoms with E-state index in [1.165, 1.54) is 5.56 Å². The molecule has 0 bridgehead atoms. The van der Waals surface area contributed by atoms with Gasteiger partial charge < -0.3 is 14.2 Å². The highest BCUT2D eigenvalue weighted by Crippen LogP contribution is 2.23. The standard InChI is InChI=1S/C24H21IO5/c1-28-22-14-11-19(16-21(22)25)24(27)30-20-12-9-18(10-13-20)23(26)29-15-5-8-17-6-3-2-4-7-17/h2-4,6-7,9-14,16H,5,8,15H2,1H3. The van der Waals surface area contributed by atoms with Crippen LogP contribution in [0.5, 0.6) is 11.5 Å². The van der Waals surface area contributed by atoms with Crippen molar-refractivity contribution >= 4 is 34.5 Å². The lowest BCUT2D eigenvalue weighted by molar-refractivity contribution is 0.0500. The molecule has 0 aliphatic carbocycles. The molecule has 3 aromatic carbocycles. The van der Waals surface area contributed by atoms with Crippen LogP contribution in [0, 0.1) is 3.57 Å². The molecule has 0 aromatic heterocycles. The number of hydrogen-bond donors (Lipinski definition) is 0. The first kappa shape index (κ1) is 21.8. The number of halogens is 1. The summed E-state index contributed by atoms with van der Waals surface area (Å²) < 4.78 is 16.7. The minimum atomic E-state index is -0.480. The minimum Gasteiger partial charge on any atom is -0.496 e. The van der Waals surface area contributed by atoms with E-state index in [4.69, 9.17) is 14.2 Å². The molecule has 30 heavy (non-hydrogen) atoms. The number of carbonyl (C=O) groups excluding carboxylic acids is 2. The maximum absolute atomic E-state index is 12.3. The van der Waals surface area contributed by atoms with Gasteiger partial charge in [0.2, 0.25) is 0 Å². The largest absolute Gasteiger partial charge is 0.496 e. The van der Waals surface area contributed by atoms with Crippen molar-refractivity contribution in [2.24, 2.45) is 0 Å². The molecule has 0 spiro atoms. The summed E-state index contributed by atoms with van der Waals surface area (Å²) in [5.41, 5.74) is 2.04. The smallest absolute Gasteiger partial charge is 0.343 e. The molecule has 0 saturated carbocycles. The number of benzene rings is 3. The molecule has 0 amide bonds. The maximum atomic E-state index is 12.3. The summed E-state index contributed by atoms with van der Waals surface area (Å²) in [4.78, 5) is 24.5. The van der Waals surface area contributed by atoms with E-state index >= 15 is 0 Å². The van der Waals surface area contributed by atoms with Gasteiger partial charge in [0.05, 0.1) is 28.4 Å². The van der Waals surface area contributed by atoms with Crippen LogP contribution in [0.25, 0.3) is 0 Å². The van der Waals surface area contributed by atoms with Crippen LogP contribution in [0.2, 0.25) is 0 Å². The lowest BCUT2D eigenvalue weighted by atomic mass is 10.1. The summed E-state index contributed by atoms with van der Waals surface area (Å²) in [7, 11) is 1.57. The Hall–Kier alpha value is -2.87. The van der Waals surface area contributed by atoms with Crippen molar-refractivity contribution in [1.82, 2.24) is 0 Å². The van der Waals surface area contributed by atoms with E-state index < -0.39 is 11.9 Å². The monoisotopic (exact) mass is 516 g/mol. The summed E-state index contributed by atoms with van der Waals surface area (Å²) in [5, 5.41) is 0. The van der Waals surface area contributed by atoms with Crippen LogP contribution in [0.3, 0.4) is 0 Å². The van der Waals surface area contributed by atoms with Gasteiger partial charge in [-0.25, -0.2) is 9.59 Å². The van der Waals surface area contributed by atoms with Gasteiger partial charge in [0.25, 0.3) is 0 Å². The van der Waals surface area contributed by atoms with E-state index in [1.54, 1.807) is 49.6 Å². The van der Waals surface area contributed by atoms with Crippen molar-refractivity contribution in [3.05, 3.63) is 93.1 Å². The van der Waals surface area contributed by atoms with Crippen LogP contribution in [0.15, 0.2) is 72.8 Å². The second kappa shape index (κ2) is 10.8. The molecule has 0 heterocycles. The Morgan fingerprint density at radius 2 is 1.57 bits per heavy atom. The van der Waals surface area contributed by atoms with Crippen molar-refractivity contribution in [2.75, 3.05) is 13.7 Å². The van der Waals surface area contributed by atoms with Gasteiger partial charge in [-0.15, -0.1) is 0 Å². The van der Waals surface area contributed by atoms with Crippen LogP contribution in [-0.4, -0.2) is 25.7 Å². The molecule has 0 radical (unpaired) electrons. The fraction of sp³-hybridized carbons (Fsp3) is 0.167. The molecule has 0 N–H and O–H groups in total. The number of carbonyl (C=O) groups is 2. The highest BCUT2D eigenvalue weighted by Gasteiger charge is 2.12. The second-order valence-electron chi connectivity index (χ2n) is 6.49. The molecular weight excluding hydrogens is 495 g/mol. The average molecular weight is 516 g/mol. The number of methoxy groups -OCH3 is 1. The zero-order valence-corrected chi connectivity index (χ0v) is 18.6. The first-order valence-electron chi connectivity index (χ1n) is 9.43. The maximum Gasteiger partial charge on any atom is 0.343 e. The lowest BCUT2D eigenvalue weighted by Crippen LogP contribution is -2.10. The van der Waals surface area contributed by atoms with E-state index in [9.17, 15) is 9.59 Å². The number of esters is 2. The SMILES string of the molecule is COc1ccc(C(=O)Oc2ccc(C(=O)OCCCc3ccccc3)cc2)cc1I. The fourth-order valence-corrected chi connectivity index (χ4v) is 3.52. The Balaban J connectivity index is 1.49. The molecule has 5 nitrogen and oxygen atoms in total. The lowest BCUT2D eigenvalue weighted by Gasteiger charge is -2.08. The molecule has 0 saturated heterocycles. The Labute approximate surface area is 189 Å². The third-order valence-corrected chi connectivity index (χ3v) is 5.22. The Morgan fingerprint density at radius 1 is 0.867 bits per heavy atom. The highest BCUT2D eigenvalue weighted by molar-refractivity contribution is 14.1. The molecule has 0 aliphatic rings.